The van der Waals surface area contributed by atoms with E-state index in [0.29, 0.717) is 112 Å². The summed E-state index contributed by atoms with van der Waals surface area (Å²) in [5.41, 5.74) is 0. The second kappa shape index (κ2) is 28.1. The van der Waals surface area contributed by atoms with E-state index < -0.39 is 0 Å². The highest BCUT2D eigenvalue weighted by Gasteiger charge is 2.13. The second-order valence-electron chi connectivity index (χ2n) is 7.67. The van der Waals surface area contributed by atoms with Crippen molar-refractivity contribution in [2.45, 2.75) is 25.6 Å². The fraction of sp³-hybridized carbons (Fsp3) is 1.00. The third-order valence-electron chi connectivity index (χ3n) is 4.77. The van der Waals surface area contributed by atoms with E-state index >= 15 is 0 Å². The van der Waals surface area contributed by atoms with Crippen molar-refractivity contribution >= 4 is 0 Å². The smallest absolute Gasteiger partial charge is 0.157 e. The van der Waals surface area contributed by atoms with Crippen LogP contribution in [-0.2, 0) is 47.4 Å². The van der Waals surface area contributed by atoms with E-state index in [0.717, 1.165) is 26.0 Å². The summed E-state index contributed by atoms with van der Waals surface area (Å²) in [5, 5.41) is 3.02. The molecule has 0 amide bonds. The minimum absolute atomic E-state index is 0.0579. The van der Waals surface area contributed by atoms with Gasteiger partial charge < -0.3 is 52.7 Å². The second-order valence-corrected chi connectivity index (χ2v) is 7.67. The average molecular weight is 512 g/mol. The lowest BCUT2D eigenvalue weighted by molar-refractivity contribution is -0.169. The number of nitrogens with one attached hydrogen (secondary N) is 1. The number of rotatable bonds is 28. The molecule has 1 heterocycles. The lowest BCUT2D eigenvalue weighted by Crippen LogP contribution is -2.24. The average Bonchev–Trinajstić information content (AvgIpc) is 2.89. The Bertz CT molecular complexity index is 403. The first kappa shape index (κ1) is 32.6. The fourth-order valence-corrected chi connectivity index (χ4v) is 2.90. The third kappa shape index (κ3) is 25.0. The van der Waals surface area contributed by atoms with Gasteiger partial charge in [0.05, 0.1) is 112 Å². The zero-order chi connectivity index (χ0) is 24.9. The Labute approximate surface area is 211 Å². The van der Waals surface area contributed by atoms with E-state index in [4.69, 9.17) is 47.4 Å². The van der Waals surface area contributed by atoms with Crippen LogP contribution in [0.1, 0.15) is 19.3 Å². The highest BCUT2D eigenvalue weighted by atomic mass is 16.7. The number of likely N-dealkylation sites (N-methyl/N-ethyl adjacent to an activating group) is 1. The van der Waals surface area contributed by atoms with Crippen molar-refractivity contribution in [3.63, 3.8) is 0 Å². The molecule has 1 aliphatic heterocycles. The van der Waals surface area contributed by atoms with Crippen LogP contribution in [0.3, 0.4) is 0 Å². The largest absolute Gasteiger partial charge is 0.378 e. The molecule has 0 saturated carbocycles. The van der Waals surface area contributed by atoms with Crippen LogP contribution < -0.4 is 5.32 Å². The minimum atomic E-state index is -0.0579. The van der Waals surface area contributed by atoms with Crippen LogP contribution in [0.2, 0.25) is 0 Å². The molecule has 0 aromatic rings. The van der Waals surface area contributed by atoms with Crippen LogP contribution in [-0.4, -0.2) is 139 Å². The third-order valence-corrected chi connectivity index (χ3v) is 4.77. The van der Waals surface area contributed by atoms with Gasteiger partial charge in [-0.3, -0.25) is 0 Å². The summed E-state index contributed by atoms with van der Waals surface area (Å²) >= 11 is 0. The van der Waals surface area contributed by atoms with Crippen molar-refractivity contribution < 1.29 is 47.4 Å². The minimum Gasteiger partial charge on any atom is -0.378 e. The van der Waals surface area contributed by atoms with Gasteiger partial charge >= 0.3 is 0 Å². The van der Waals surface area contributed by atoms with Gasteiger partial charge in [-0.1, -0.05) is 0 Å². The molecule has 1 rings (SSSR count). The summed E-state index contributed by atoms with van der Waals surface area (Å²) in [6.07, 6.45) is 3.22. The standard InChI is InChI=1S/C24H49NO10/c1-25-5-7-26-8-9-27-10-11-28-12-13-29-14-15-30-16-17-31-18-19-32-20-21-33-22-23-35-24-4-2-3-6-34-24/h24-25H,2-23H2,1H3. The van der Waals surface area contributed by atoms with Gasteiger partial charge in [0.2, 0.25) is 0 Å². The summed E-state index contributed by atoms with van der Waals surface area (Å²) in [6.45, 7) is 11.1. The Kier molecular flexibility index (Phi) is 26.2. The van der Waals surface area contributed by atoms with E-state index in [9.17, 15) is 0 Å². The molecule has 11 nitrogen and oxygen atoms in total. The highest BCUT2D eigenvalue weighted by Crippen LogP contribution is 2.13. The van der Waals surface area contributed by atoms with Crippen LogP contribution in [0.4, 0.5) is 0 Å². The quantitative estimate of drug-likeness (QED) is 0.151. The Balaban J connectivity index is 1.61. The van der Waals surface area contributed by atoms with Crippen molar-refractivity contribution in [1.82, 2.24) is 5.32 Å². The number of ether oxygens (including phenoxy) is 10. The molecule has 1 unspecified atom stereocenters. The van der Waals surface area contributed by atoms with Crippen molar-refractivity contribution in [3.05, 3.63) is 0 Å². The molecule has 0 radical (unpaired) electrons. The van der Waals surface area contributed by atoms with Crippen LogP contribution in [0.25, 0.3) is 0 Å². The van der Waals surface area contributed by atoms with Crippen LogP contribution in [0.5, 0.6) is 0 Å². The molecule has 0 bridgehead atoms. The fourth-order valence-electron chi connectivity index (χ4n) is 2.90. The molecule has 0 spiro atoms. The van der Waals surface area contributed by atoms with E-state index in [1.165, 1.54) is 6.42 Å². The SMILES string of the molecule is CNCCOCCOCCOCCOCCOCCOCCOCCOCCOC1CCCCO1. The molecule has 1 saturated heterocycles. The first-order valence-corrected chi connectivity index (χ1v) is 12.9. The zero-order valence-electron chi connectivity index (χ0n) is 21.7. The van der Waals surface area contributed by atoms with Gasteiger partial charge in [-0.15, -0.1) is 0 Å². The topological polar surface area (TPSA) is 104 Å². The zero-order valence-corrected chi connectivity index (χ0v) is 21.7. The monoisotopic (exact) mass is 511 g/mol. The lowest BCUT2D eigenvalue weighted by atomic mass is 10.2. The molecule has 35 heavy (non-hydrogen) atoms. The summed E-state index contributed by atoms with van der Waals surface area (Å²) in [7, 11) is 1.90. The first-order chi connectivity index (χ1) is 17.4. The summed E-state index contributed by atoms with van der Waals surface area (Å²) in [5.74, 6) is 0. The van der Waals surface area contributed by atoms with Crippen LogP contribution in [0.15, 0.2) is 0 Å². The maximum atomic E-state index is 5.60. The van der Waals surface area contributed by atoms with E-state index in [1.54, 1.807) is 0 Å². The number of hydrogen-bond acceptors (Lipinski definition) is 11. The summed E-state index contributed by atoms with van der Waals surface area (Å²) < 4.78 is 54.6. The Morgan fingerprint density at radius 3 is 1.23 bits per heavy atom. The summed E-state index contributed by atoms with van der Waals surface area (Å²) in [6, 6.07) is 0. The van der Waals surface area contributed by atoms with E-state index in [-0.39, 0.29) is 6.29 Å². The molecule has 0 aromatic carbocycles. The Morgan fingerprint density at radius 1 is 0.514 bits per heavy atom. The first-order valence-electron chi connectivity index (χ1n) is 12.9. The molecule has 1 atom stereocenters. The van der Waals surface area contributed by atoms with Gasteiger partial charge in [0, 0.05) is 13.2 Å². The Morgan fingerprint density at radius 2 is 0.886 bits per heavy atom. The van der Waals surface area contributed by atoms with Crippen molar-refractivity contribution in [2.24, 2.45) is 0 Å². The molecular formula is C24H49NO10. The number of hydrogen-bond donors (Lipinski definition) is 1. The highest BCUT2D eigenvalue weighted by molar-refractivity contribution is 4.53. The molecule has 1 fully saturated rings. The molecule has 11 heteroatoms. The molecule has 1 N–H and O–H groups in total. The van der Waals surface area contributed by atoms with E-state index in [2.05, 4.69) is 5.32 Å². The van der Waals surface area contributed by atoms with Crippen molar-refractivity contribution in [3.8, 4) is 0 Å². The van der Waals surface area contributed by atoms with Crippen LogP contribution >= 0.6 is 0 Å². The van der Waals surface area contributed by atoms with Gasteiger partial charge in [-0.25, -0.2) is 0 Å². The predicted molar refractivity (Wildman–Crippen MR) is 130 cm³/mol. The molecular weight excluding hydrogens is 462 g/mol. The lowest BCUT2D eigenvalue weighted by Gasteiger charge is -2.22. The molecule has 0 aromatic heterocycles. The molecule has 0 aliphatic carbocycles. The maximum Gasteiger partial charge on any atom is 0.157 e. The normalized spacial score (nSPS) is 16.2. The predicted octanol–water partition coefficient (Wildman–Crippen LogP) is 0.882. The van der Waals surface area contributed by atoms with Gasteiger partial charge in [0.1, 0.15) is 0 Å². The van der Waals surface area contributed by atoms with Crippen molar-refractivity contribution in [2.75, 3.05) is 133 Å². The Hall–Kier alpha value is -0.440. The maximum absolute atomic E-state index is 5.60. The van der Waals surface area contributed by atoms with E-state index in [1.807, 2.05) is 7.05 Å². The van der Waals surface area contributed by atoms with Crippen LogP contribution in [0, 0.1) is 0 Å². The summed E-state index contributed by atoms with van der Waals surface area (Å²) in [4.78, 5) is 0. The van der Waals surface area contributed by atoms with Crippen molar-refractivity contribution in [1.29, 1.82) is 0 Å². The molecule has 1 aliphatic rings. The van der Waals surface area contributed by atoms with Gasteiger partial charge in [0.25, 0.3) is 0 Å². The van der Waals surface area contributed by atoms with Gasteiger partial charge in [0.15, 0.2) is 6.29 Å². The van der Waals surface area contributed by atoms with Gasteiger partial charge in [-0.2, -0.15) is 0 Å². The molecule has 210 valence electrons. The van der Waals surface area contributed by atoms with Gasteiger partial charge in [-0.05, 0) is 26.3 Å².